The zero-order valence-corrected chi connectivity index (χ0v) is 8.73. The summed E-state index contributed by atoms with van der Waals surface area (Å²) < 4.78 is 2.36. The lowest BCUT2D eigenvalue weighted by molar-refractivity contribution is -0.123. The van der Waals surface area contributed by atoms with Crippen molar-refractivity contribution >= 4 is 18.1 Å². The van der Waals surface area contributed by atoms with Crippen molar-refractivity contribution in [1.82, 2.24) is 14.9 Å². The molecule has 0 saturated heterocycles. The molecule has 0 aliphatic carbocycles. The molecule has 72 valence electrons. The minimum atomic E-state index is -0.260. The van der Waals surface area contributed by atoms with Gasteiger partial charge in [-0.2, -0.15) is 0 Å². The number of carbonyl (C=O) groups is 1. The van der Waals surface area contributed by atoms with Gasteiger partial charge in [0.15, 0.2) is 4.77 Å². The summed E-state index contributed by atoms with van der Waals surface area (Å²) in [6.45, 7) is 3.72. The molecule has 0 aliphatic rings. The van der Waals surface area contributed by atoms with Crippen molar-refractivity contribution < 1.29 is 4.79 Å². The number of nitrogens with one attached hydrogen (secondary N) is 2. The van der Waals surface area contributed by atoms with Gasteiger partial charge < -0.3 is 14.9 Å². The third-order valence-electron chi connectivity index (χ3n) is 2.02. The van der Waals surface area contributed by atoms with Gasteiger partial charge in [-0.05, 0) is 26.1 Å². The van der Waals surface area contributed by atoms with Crippen LogP contribution >= 0.6 is 12.2 Å². The fourth-order valence-corrected chi connectivity index (χ4v) is 1.63. The molecule has 0 bridgehead atoms. The van der Waals surface area contributed by atoms with E-state index < -0.39 is 0 Å². The van der Waals surface area contributed by atoms with Crippen LogP contribution in [0.4, 0.5) is 0 Å². The zero-order chi connectivity index (χ0) is 10.0. The summed E-state index contributed by atoms with van der Waals surface area (Å²) in [4.78, 5) is 14.2. The normalized spacial score (nSPS) is 12.5. The predicted octanol–water partition coefficient (Wildman–Crippen LogP) is 1.16. The summed E-state index contributed by atoms with van der Waals surface area (Å²) in [5, 5.41) is 2.59. The van der Waals surface area contributed by atoms with Gasteiger partial charge in [-0.25, -0.2) is 0 Å². The van der Waals surface area contributed by atoms with Gasteiger partial charge >= 0.3 is 0 Å². The number of carbonyl (C=O) groups excluding carboxylic acids is 1. The minimum Gasteiger partial charge on any atom is -0.357 e. The van der Waals surface area contributed by atoms with Crippen LogP contribution in [0.15, 0.2) is 6.20 Å². The molecule has 0 fully saturated rings. The number of hydrogen-bond acceptors (Lipinski definition) is 2. The molecule has 2 N–H and O–H groups in total. The molecule has 13 heavy (non-hydrogen) atoms. The van der Waals surface area contributed by atoms with Crippen LogP contribution in [0.25, 0.3) is 0 Å². The maximum absolute atomic E-state index is 11.3. The molecule has 1 aromatic rings. The van der Waals surface area contributed by atoms with Crippen molar-refractivity contribution in [1.29, 1.82) is 0 Å². The van der Waals surface area contributed by atoms with Crippen molar-refractivity contribution in [2.45, 2.75) is 19.9 Å². The second-order valence-electron chi connectivity index (χ2n) is 2.90. The summed E-state index contributed by atoms with van der Waals surface area (Å²) in [5.74, 6) is -0.0428. The molecular formula is C8H13N3OS. The molecule has 4 nitrogen and oxygen atoms in total. The second-order valence-corrected chi connectivity index (χ2v) is 3.28. The standard InChI is InChI=1S/C8H13N3OS/c1-5-4-10-8(13)11(5)6(2)7(12)9-3/h4,6H,1-3H3,(H,9,12)(H,10,13). The third-order valence-corrected chi connectivity index (χ3v) is 2.33. The lowest BCUT2D eigenvalue weighted by Crippen LogP contribution is -2.28. The molecule has 0 spiro atoms. The predicted molar refractivity (Wildman–Crippen MR) is 53.1 cm³/mol. The van der Waals surface area contributed by atoms with Gasteiger partial charge in [0.2, 0.25) is 5.91 Å². The number of rotatable bonds is 2. The average Bonchev–Trinajstić information content (AvgIpc) is 2.44. The van der Waals surface area contributed by atoms with Crippen LogP contribution in [0.1, 0.15) is 18.7 Å². The molecule has 1 rings (SSSR count). The van der Waals surface area contributed by atoms with Crippen LogP contribution in [0.3, 0.4) is 0 Å². The monoisotopic (exact) mass is 199 g/mol. The number of amides is 1. The first kappa shape index (κ1) is 9.98. The Kier molecular flexibility index (Phi) is 2.87. The highest BCUT2D eigenvalue weighted by Gasteiger charge is 2.15. The Morgan fingerprint density at radius 2 is 2.38 bits per heavy atom. The van der Waals surface area contributed by atoms with Gasteiger partial charge in [0.1, 0.15) is 6.04 Å². The molecular weight excluding hydrogens is 186 g/mol. The molecule has 5 heteroatoms. The van der Waals surface area contributed by atoms with Crippen LogP contribution in [-0.2, 0) is 4.79 Å². The lowest BCUT2D eigenvalue weighted by Gasteiger charge is -2.13. The molecule has 1 aromatic heterocycles. The summed E-state index contributed by atoms with van der Waals surface area (Å²) in [5.41, 5.74) is 0.959. The maximum atomic E-state index is 11.3. The molecule has 1 amide bonds. The highest BCUT2D eigenvalue weighted by molar-refractivity contribution is 7.71. The fraction of sp³-hybridized carbons (Fsp3) is 0.500. The Bertz CT molecular complexity index is 366. The van der Waals surface area contributed by atoms with Crippen LogP contribution in [0.5, 0.6) is 0 Å². The van der Waals surface area contributed by atoms with Crippen LogP contribution in [0.2, 0.25) is 0 Å². The van der Waals surface area contributed by atoms with E-state index >= 15 is 0 Å². The lowest BCUT2D eigenvalue weighted by atomic mass is 10.3. The van der Waals surface area contributed by atoms with Crippen LogP contribution in [-0.4, -0.2) is 22.5 Å². The quantitative estimate of drug-likeness (QED) is 0.702. The van der Waals surface area contributed by atoms with Crippen LogP contribution in [0, 0.1) is 11.7 Å². The number of hydrogen-bond donors (Lipinski definition) is 2. The Morgan fingerprint density at radius 3 is 2.77 bits per heavy atom. The van der Waals surface area contributed by atoms with E-state index in [9.17, 15) is 4.79 Å². The van der Waals surface area contributed by atoms with Gasteiger partial charge in [0, 0.05) is 18.9 Å². The van der Waals surface area contributed by atoms with Gasteiger partial charge in [0.25, 0.3) is 0 Å². The number of aromatic nitrogens is 2. The van der Waals surface area contributed by atoms with E-state index in [2.05, 4.69) is 10.3 Å². The van der Waals surface area contributed by atoms with Gasteiger partial charge in [-0.3, -0.25) is 4.79 Å². The molecule has 0 radical (unpaired) electrons. The highest BCUT2D eigenvalue weighted by atomic mass is 32.1. The third kappa shape index (κ3) is 1.80. The molecule has 1 heterocycles. The Morgan fingerprint density at radius 1 is 1.77 bits per heavy atom. The molecule has 1 atom stereocenters. The van der Waals surface area contributed by atoms with E-state index in [1.807, 2.05) is 13.8 Å². The summed E-state index contributed by atoms with van der Waals surface area (Å²) in [7, 11) is 1.62. The summed E-state index contributed by atoms with van der Waals surface area (Å²) >= 11 is 5.04. The molecule has 0 aliphatic heterocycles. The van der Waals surface area contributed by atoms with E-state index in [1.165, 1.54) is 0 Å². The van der Waals surface area contributed by atoms with Gasteiger partial charge in [-0.1, -0.05) is 0 Å². The largest absolute Gasteiger partial charge is 0.357 e. The minimum absolute atomic E-state index is 0.0428. The highest BCUT2D eigenvalue weighted by Crippen LogP contribution is 2.10. The fourth-order valence-electron chi connectivity index (χ4n) is 1.27. The average molecular weight is 199 g/mol. The number of H-pyrrole nitrogens is 1. The SMILES string of the molecule is CNC(=O)C(C)n1c(C)c[nH]c1=S. The number of nitrogens with zero attached hydrogens (tertiary/aromatic N) is 1. The Hall–Kier alpha value is -1.10. The molecule has 0 saturated carbocycles. The first-order valence-electron chi connectivity index (χ1n) is 4.06. The maximum Gasteiger partial charge on any atom is 0.242 e. The first-order valence-corrected chi connectivity index (χ1v) is 4.47. The summed E-state index contributed by atoms with van der Waals surface area (Å²) in [6, 6.07) is -0.260. The number of aryl methyl sites for hydroxylation is 1. The number of likely N-dealkylation sites (N-methyl/N-ethyl adjacent to an activating group) is 1. The zero-order valence-electron chi connectivity index (χ0n) is 7.92. The topological polar surface area (TPSA) is 49.8 Å². The Labute approximate surface area is 82.0 Å². The molecule has 0 aromatic carbocycles. The van der Waals surface area contributed by atoms with Crippen molar-refractivity contribution in [3.8, 4) is 0 Å². The smallest absolute Gasteiger partial charge is 0.242 e. The van der Waals surface area contributed by atoms with Crippen molar-refractivity contribution in [2.75, 3.05) is 7.05 Å². The number of imidazole rings is 1. The van der Waals surface area contributed by atoms with E-state index in [1.54, 1.807) is 17.8 Å². The number of aromatic amines is 1. The Balaban J connectivity index is 3.07. The second kappa shape index (κ2) is 3.74. The van der Waals surface area contributed by atoms with E-state index in [0.717, 1.165) is 5.69 Å². The van der Waals surface area contributed by atoms with E-state index in [0.29, 0.717) is 4.77 Å². The van der Waals surface area contributed by atoms with E-state index in [4.69, 9.17) is 12.2 Å². The van der Waals surface area contributed by atoms with Crippen LogP contribution < -0.4 is 5.32 Å². The summed E-state index contributed by atoms with van der Waals surface area (Å²) in [6.07, 6.45) is 1.79. The van der Waals surface area contributed by atoms with Crippen molar-refractivity contribution in [3.63, 3.8) is 0 Å². The first-order chi connectivity index (χ1) is 6.07. The molecule has 1 unspecified atom stereocenters. The van der Waals surface area contributed by atoms with Gasteiger partial charge in [-0.15, -0.1) is 0 Å². The van der Waals surface area contributed by atoms with Crippen molar-refractivity contribution in [3.05, 3.63) is 16.7 Å². The van der Waals surface area contributed by atoms with Gasteiger partial charge in [0.05, 0.1) is 0 Å². The van der Waals surface area contributed by atoms with Crippen molar-refractivity contribution in [2.24, 2.45) is 0 Å². The van der Waals surface area contributed by atoms with E-state index in [-0.39, 0.29) is 11.9 Å².